The van der Waals surface area contributed by atoms with Crippen LogP contribution in [0.5, 0.6) is 0 Å². The molecule has 0 nitrogen and oxygen atoms in total. The van der Waals surface area contributed by atoms with Gasteiger partial charge in [0.1, 0.15) is 0 Å². The van der Waals surface area contributed by atoms with E-state index in [-0.39, 0.29) is 0 Å². The summed E-state index contributed by atoms with van der Waals surface area (Å²) < 4.78 is 0. The molecule has 1 saturated carbocycles. The van der Waals surface area contributed by atoms with E-state index in [1.54, 1.807) is 11.6 Å². The first-order chi connectivity index (χ1) is 16.4. The maximum atomic E-state index is 3.67. The summed E-state index contributed by atoms with van der Waals surface area (Å²) >= 11 is 0. The van der Waals surface area contributed by atoms with Crippen molar-refractivity contribution in [3.05, 3.63) is 86.1 Å². The van der Waals surface area contributed by atoms with Crippen LogP contribution in [0.1, 0.15) is 123 Å². The van der Waals surface area contributed by atoms with E-state index in [1.807, 2.05) is 79.7 Å². The van der Waals surface area contributed by atoms with Crippen LogP contribution in [0, 0.1) is 11.8 Å². The highest BCUT2D eigenvalue weighted by molar-refractivity contribution is 5.34. The summed E-state index contributed by atoms with van der Waals surface area (Å²) in [6.07, 6.45) is 21.2. The highest BCUT2D eigenvalue weighted by Gasteiger charge is 2.31. The normalized spacial score (nSPS) is 14.7. The predicted octanol–water partition coefficient (Wildman–Crippen LogP) is 13.1. The molecule has 0 heterocycles. The van der Waals surface area contributed by atoms with Crippen LogP contribution in [-0.2, 0) is 0 Å². The van der Waals surface area contributed by atoms with E-state index in [1.165, 1.54) is 24.8 Å². The largest absolute Gasteiger partial charge is 0.106 e. The van der Waals surface area contributed by atoms with E-state index in [9.17, 15) is 0 Å². The Labute approximate surface area is 220 Å². The Morgan fingerprint density at radius 1 is 0.882 bits per heavy atom. The fourth-order valence-corrected chi connectivity index (χ4v) is 1.88. The van der Waals surface area contributed by atoms with Gasteiger partial charge in [-0.3, -0.25) is 0 Å². The van der Waals surface area contributed by atoms with E-state index in [4.69, 9.17) is 0 Å². The van der Waals surface area contributed by atoms with Gasteiger partial charge in [0.05, 0.1) is 0 Å². The summed E-state index contributed by atoms with van der Waals surface area (Å²) in [6.45, 7) is 42.1. The summed E-state index contributed by atoms with van der Waals surface area (Å²) in [5.41, 5.74) is 2.91. The van der Waals surface area contributed by atoms with Crippen molar-refractivity contribution in [2.45, 2.75) is 123 Å². The Balaban J connectivity index is -0.0000000519. The van der Waals surface area contributed by atoms with Crippen molar-refractivity contribution in [1.82, 2.24) is 0 Å². The molecule has 2 rings (SSSR count). The van der Waals surface area contributed by atoms with Gasteiger partial charge in [0.2, 0.25) is 0 Å². The monoisotopic (exact) mass is 477 g/mol. The lowest BCUT2D eigenvalue weighted by atomic mass is 9.72. The molecule has 0 spiro atoms. The molecule has 1 fully saturated rings. The van der Waals surface area contributed by atoms with Crippen molar-refractivity contribution >= 4 is 0 Å². The number of fused-ring (bicyclic) bond motifs is 1. The van der Waals surface area contributed by atoms with E-state index in [0.717, 1.165) is 18.3 Å². The zero-order chi connectivity index (χ0) is 28.8. The molecular formula is C34H68. The van der Waals surface area contributed by atoms with Crippen LogP contribution >= 0.6 is 0 Å². The highest BCUT2D eigenvalue weighted by Crippen LogP contribution is 2.43. The molecule has 2 atom stereocenters. The zero-order valence-electron chi connectivity index (χ0n) is 26.4. The van der Waals surface area contributed by atoms with Gasteiger partial charge in [0.15, 0.2) is 0 Å². The topological polar surface area (TPSA) is 0 Å². The second kappa shape index (κ2) is 57.7. The van der Waals surface area contributed by atoms with E-state index in [2.05, 4.69) is 86.1 Å². The van der Waals surface area contributed by atoms with Crippen molar-refractivity contribution in [3.63, 3.8) is 0 Å². The first-order valence-corrected chi connectivity index (χ1v) is 13.8. The molecule has 34 heavy (non-hydrogen) atoms. The minimum Gasteiger partial charge on any atom is -0.106 e. The van der Waals surface area contributed by atoms with Gasteiger partial charge in [-0.05, 0) is 32.6 Å². The quantitative estimate of drug-likeness (QED) is 0.280. The van der Waals surface area contributed by atoms with E-state index in [0.29, 0.717) is 0 Å². The minimum absolute atomic E-state index is 0.843. The molecule has 0 aromatic carbocycles. The molecule has 0 aromatic heterocycles. The van der Waals surface area contributed by atoms with Crippen molar-refractivity contribution in [3.8, 4) is 0 Å². The van der Waals surface area contributed by atoms with Crippen molar-refractivity contribution in [2.24, 2.45) is 11.8 Å². The lowest BCUT2D eigenvalue weighted by molar-refractivity contribution is 0.368. The molecule has 2 aliphatic carbocycles. The van der Waals surface area contributed by atoms with Gasteiger partial charge < -0.3 is 0 Å². The Hall–Kier alpha value is -1.82. The molecule has 2 aliphatic rings. The number of rotatable bonds is 3. The van der Waals surface area contributed by atoms with E-state index < -0.39 is 0 Å². The first-order valence-electron chi connectivity index (χ1n) is 13.8. The zero-order valence-corrected chi connectivity index (χ0v) is 26.4. The van der Waals surface area contributed by atoms with Crippen LogP contribution in [0.4, 0.5) is 0 Å². The molecule has 0 amide bonds. The Kier molecular flexibility index (Phi) is 83.8. The molecule has 2 unspecified atom stereocenters. The third-order valence-electron chi connectivity index (χ3n) is 3.38. The SMILES string of the molecule is C=C.C=C(C)CC.C=C/C=C\C=C/C.CC.CC.CC.CC1CC2=CC=CC21.CCC.CCC. The van der Waals surface area contributed by atoms with Gasteiger partial charge in [0, 0.05) is 5.92 Å². The van der Waals surface area contributed by atoms with Crippen LogP contribution in [0.25, 0.3) is 0 Å². The fraction of sp³-hybridized carbons (Fsp3) is 0.588. The lowest BCUT2D eigenvalue weighted by Crippen LogP contribution is -2.22. The fourth-order valence-electron chi connectivity index (χ4n) is 1.88. The summed E-state index contributed by atoms with van der Waals surface area (Å²) in [6, 6.07) is 0. The molecule has 0 aliphatic heterocycles. The van der Waals surface area contributed by atoms with Crippen LogP contribution in [0.3, 0.4) is 0 Å². The van der Waals surface area contributed by atoms with E-state index >= 15 is 0 Å². The van der Waals surface area contributed by atoms with Gasteiger partial charge in [-0.15, -0.1) is 19.7 Å². The molecule has 0 heteroatoms. The maximum absolute atomic E-state index is 3.67. The molecule has 0 bridgehead atoms. The van der Waals surface area contributed by atoms with Crippen LogP contribution in [-0.4, -0.2) is 0 Å². The number of hydrogen-bond acceptors (Lipinski definition) is 0. The molecule has 0 saturated heterocycles. The van der Waals surface area contributed by atoms with Crippen LogP contribution < -0.4 is 0 Å². The Morgan fingerprint density at radius 2 is 1.26 bits per heavy atom. The van der Waals surface area contributed by atoms with Gasteiger partial charge in [0.25, 0.3) is 0 Å². The number of allylic oxidation sites excluding steroid dienone is 10. The molecule has 0 N–H and O–H groups in total. The predicted molar refractivity (Wildman–Crippen MR) is 171 cm³/mol. The van der Waals surface area contributed by atoms with Gasteiger partial charge >= 0.3 is 0 Å². The van der Waals surface area contributed by atoms with Crippen molar-refractivity contribution in [2.75, 3.05) is 0 Å². The van der Waals surface area contributed by atoms with Gasteiger partial charge in [-0.1, -0.05) is 162 Å². The molecule has 0 radical (unpaired) electrons. The summed E-state index contributed by atoms with van der Waals surface area (Å²) in [7, 11) is 0. The lowest BCUT2D eigenvalue weighted by Gasteiger charge is -2.32. The average molecular weight is 477 g/mol. The van der Waals surface area contributed by atoms with Crippen LogP contribution in [0.15, 0.2) is 86.1 Å². The first kappa shape index (κ1) is 49.3. The van der Waals surface area contributed by atoms with Crippen LogP contribution in [0.2, 0.25) is 0 Å². The van der Waals surface area contributed by atoms with Crippen molar-refractivity contribution in [1.29, 1.82) is 0 Å². The molecule has 0 aromatic rings. The average Bonchev–Trinajstić information content (AvgIpc) is 3.27. The molecular weight excluding hydrogens is 408 g/mol. The number of hydrogen-bond donors (Lipinski definition) is 0. The summed E-state index contributed by atoms with van der Waals surface area (Å²) in [5, 5.41) is 0. The third-order valence-corrected chi connectivity index (χ3v) is 3.38. The maximum Gasteiger partial charge on any atom is 0.00118 e. The second-order valence-corrected chi connectivity index (χ2v) is 6.70. The van der Waals surface area contributed by atoms with Gasteiger partial charge in [-0.2, -0.15) is 0 Å². The summed E-state index contributed by atoms with van der Waals surface area (Å²) in [5.74, 6) is 1.77. The van der Waals surface area contributed by atoms with Crippen molar-refractivity contribution < 1.29 is 0 Å². The molecule has 204 valence electrons. The third kappa shape index (κ3) is 52.2. The highest BCUT2D eigenvalue weighted by atomic mass is 14.4. The smallest absolute Gasteiger partial charge is 0.00118 e. The standard InChI is InChI=1S/C8H10.C7H10.C5H10.2C3H8.3C2H6.C2H4/c1-6-5-7-3-2-4-8(6)7;1-3-5-7-6-4-2;1-4-5(2)3;2*1-3-2;4*1-2/h2-4,6,8H,5H2,1H3;3-7H,1H2,2H3;2,4H2,1,3H3;2*3H2,1-2H3;3*1-2H3;1-2H2/b;6-4-,7-5-;;;;;;;. The second-order valence-electron chi connectivity index (χ2n) is 6.70. The minimum atomic E-state index is 0.843. The Morgan fingerprint density at radius 3 is 1.47 bits per heavy atom. The van der Waals surface area contributed by atoms with Gasteiger partial charge in [-0.25, -0.2) is 0 Å². The Bertz CT molecular complexity index is 441. The summed E-state index contributed by atoms with van der Waals surface area (Å²) in [4.78, 5) is 0.